The normalized spacial score (nSPS) is 14.4. The Morgan fingerprint density at radius 2 is 1.33 bits per heavy atom. The minimum absolute atomic E-state index is 0.101. The number of benzene rings is 2. The third-order valence-electron chi connectivity index (χ3n) is 3.86. The van der Waals surface area contributed by atoms with Crippen molar-refractivity contribution in [3.8, 4) is 0 Å². The van der Waals surface area contributed by atoms with Gasteiger partial charge in [0, 0.05) is 6.42 Å². The number of rotatable bonds is 5. The molecular formula is C18H20O3. The van der Waals surface area contributed by atoms with Crippen molar-refractivity contribution in [2.45, 2.75) is 31.3 Å². The molecule has 0 aliphatic rings. The molecule has 2 aromatic carbocycles. The van der Waals surface area contributed by atoms with E-state index >= 15 is 0 Å². The van der Waals surface area contributed by atoms with Gasteiger partial charge in [-0.25, -0.2) is 4.79 Å². The molecular weight excluding hydrogens is 264 g/mol. The van der Waals surface area contributed by atoms with Gasteiger partial charge in [-0.3, -0.25) is 0 Å². The van der Waals surface area contributed by atoms with E-state index in [0.717, 1.165) is 5.56 Å². The molecule has 3 nitrogen and oxygen atoms in total. The van der Waals surface area contributed by atoms with E-state index in [0.29, 0.717) is 5.56 Å². The fraction of sp³-hybridized carbons (Fsp3) is 0.278. The van der Waals surface area contributed by atoms with Crippen molar-refractivity contribution in [1.82, 2.24) is 0 Å². The Bertz CT molecular complexity index is 605. The van der Waals surface area contributed by atoms with Crippen LogP contribution in [0.25, 0.3) is 0 Å². The van der Waals surface area contributed by atoms with Gasteiger partial charge in [-0.1, -0.05) is 74.5 Å². The molecule has 1 unspecified atom stereocenters. The standard InChI is InChI=1S/C18H20O3/c1-17(2,14-9-5-3-6-10-14)13-18(21,16(19)20)15-11-7-4-8-12-15/h3-12,21H,13H2,1-2H3,(H,19,20). The van der Waals surface area contributed by atoms with E-state index in [1.807, 2.05) is 44.2 Å². The highest BCUT2D eigenvalue weighted by Gasteiger charge is 2.43. The van der Waals surface area contributed by atoms with Crippen LogP contribution in [0.1, 0.15) is 31.4 Å². The molecule has 0 bridgehead atoms. The van der Waals surface area contributed by atoms with Gasteiger partial charge in [0.15, 0.2) is 5.60 Å². The van der Waals surface area contributed by atoms with Gasteiger partial charge in [0.05, 0.1) is 0 Å². The van der Waals surface area contributed by atoms with E-state index in [1.165, 1.54) is 0 Å². The second-order valence-electron chi connectivity index (χ2n) is 5.96. The summed E-state index contributed by atoms with van der Waals surface area (Å²) in [5.74, 6) is -1.22. The Morgan fingerprint density at radius 1 is 0.905 bits per heavy atom. The predicted molar refractivity (Wildman–Crippen MR) is 82.1 cm³/mol. The summed E-state index contributed by atoms with van der Waals surface area (Å²) >= 11 is 0. The summed E-state index contributed by atoms with van der Waals surface area (Å²) in [4.78, 5) is 11.7. The molecule has 0 fully saturated rings. The molecule has 3 heteroatoms. The lowest BCUT2D eigenvalue weighted by molar-refractivity contribution is -0.162. The Kier molecular flexibility index (Phi) is 4.14. The monoisotopic (exact) mass is 284 g/mol. The molecule has 2 N–H and O–H groups in total. The third kappa shape index (κ3) is 3.14. The van der Waals surface area contributed by atoms with Gasteiger partial charge in [-0.15, -0.1) is 0 Å². The lowest BCUT2D eigenvalue weighted by Gasteiger charge is -2.34. The van der Waals surface area contributed by atoms with Crippen molar-refractivity contribution in [3.05, 3.63) is 71.8 Å². The smallest absolute Gasteiger partial charge is 0.340 e. The molecule has 0 amide bonds. The summed E-state index contributed by atoms with van der Waals surface area (Å²) in [5.41, 5.74) is -0.965. The number of aliphatic carboxylic acids is 1. The maximum atomic E-state index is 11.7. The third-order valence-corrected chi connectivity index (χ3v) is 3.86. The maximum absolute atomic E-state index is 11.7. The summed E-state index contributed by atoms with van der Waals surface area (Å²) < 4.78 is 0. The van der Waals surface area contributed by atoms with E-state index in [1.54, 1.807) is 30.3 Å². The number of carboxylic acid groups (broad SMARTS) is 1. The van der Waals surface area contributed by atoms with Gasteiger partial charge in [0.2, 0.25) is 0 Å². The molecule has 2 aromatic rings. The SMILES string of the molecule is CC(C)(CC(O)(C(=O)O)c1ccccc1)c1ccccc1. The van der Waals surface area contributed by atoms with Gasteiger partial charge in [0.1, 0.15) is 0 Å². The molecule has 0 aliphatic carbocycles. The Hall–Kier alpha value is -2.13. The van der Waals surface area contributed by atoms with Crippen LogP contribution in [0.15, 0.2) is 60.7 Å². The van der Waals surface area contributed by atoms with Crippen LogP contribution in [-0.4, -0.2) is 16.2 Å². The van der Waals surface area contributed by atoms with E-state index in [4.69, 9.17) is 0 Å². The highest BCUT2D eigenvalue weighted by molar-refractivity contribution is 5.79. The average molecular weight is 284 g/mol. The summed E-state index contributed by atoms with van der Waals surface area (Å²) in [6.07, 6.45) is 0.101. The van der Waals surface area contributed by atoms with Gasteiger partial charge in [-0.05, 0) is 16.5 Å². The molecule has 0 saturated carbocycles. The number of carboxylic acids is 1. The van der Waals surface area contributed by atoms with Crippen molar-refractivity contribution < 1.29 is 15.0 Å². The summed E-state index contributed by atoms with van der Waals surface area (Å²) in [5, 5.41) is 20.3. The zero-order valence-corrected chi connectivity index (χ0v) is 12.3. The molecule has 0 aliphatic heterocycles. The van der Waals surface area contributed by atoms with Gasteiger partial charge in [0.25, 0.3) is 0 Å². The second-order valence-corrected chi connectivity index (χ2v) is 5.96. The van der Waals surface area contributed by atoms with Crippen LogP contribution in [0, 0.1) is 0 Å². The number of carbonyl (C=O) groups is 1. The van der Waals surface area contributed by atoms with Crippen molar-refractivity contribution in [3.63, 3.8) is 0 Å². The molecule has 21 heavy (non-hydrogen) atoms. The first-order valence-electron chi connectivity index (χ1n) is 6.93. The molecule has 0 spiro atoms. The highest BCUT2D eigenvalue weighted by Crippen LogP contribution is 2.37. The first-order valence-corrected chi connectivity index (χ1v) is 6.93. The minimum Gasteiger partial charge on any atom is -0.479 e. The largest absolute Gasteiger partial charge is 0.479 e. The van der Waals surface area contributed by atoms with E-state index in [9.17, 15) is 15.0 Å². The molecule has 0 radical (unpaired) electrons. The molecule has 110 valence electrons. The van der Waals surface area contributed by atoms with Crippen molar-refractivity contribution in [1.29, 1.82) is 0 Å². The van der Waals surface area contributed by atoms with E-state index < -0.39 is 17.0 Å². The number of hydrogen-bond acceptors (Lipinski definition) is 2. The Labute approximate surface area is 124 Å². The summed E-state index contributed by atoms with van der Waals surface area (Å²) in [6.45, 7) is 3.89. The first kappa shape index (κ1) is 15.3. The zero-order valence-electron chi connectivity index (χ0n) is 12.3. The quantitative estimate of drug-likeness (QED) is 0.885. The van der Waals surface area contributed by atoms with Gasteiger partial charge < -0.3 is 10.2 Å². The van der Waals surface area contributed by atoms with Crippen LogP contribution in [-0.2, 0) is 15.8 Å². The number of hydrogen-bond donors (Lipinski definition) is 2. The van der Waals surface area contributed by atoms with E-state index in [2.05, 4.69) is 0 Å². The fourth-order valence-electron chi connectivity index (χ4n) is 2.65. The van der Waals surface area contributed by atoms with Gasteiger partial charge >= 0.3 is 5.97 Å². The topological polar surface area (TPSA) is 57.5 Å². The molecule has 0 heterocycles. The van der Waals surface area contributed by atoms with Crippen molar-refractivity contribution in [2.75, 3.05) is 0 Å². The lowest BCUT2D eigenvalue weighted by Crippen LogP contribution is -2.41. The van der Waals surface area contributed by atoms with Gasteiger partial charge in [-0.2, -0.15) is 0 Å². The first-order chi connectivity index (χ1) is 9.86. The van der Waals surface area contributed by atoms with E-state index in [-0.39, 0.29) is 6.42 Å². The zero-order chi connectivity index (χ0) is 15.5. The Balaban J connectivity index is 2.39. The molecule has 1 atom stereocenters. The van der Waals surface area contributed by atoms with Crippen LogP contribution < -0.4 is 0 Å². The summed E-state index contributed by atoms with van der Waals surface area (Å²) in [6, 6.07) is 18.2. The highest BCUT2D eigenvalue weighted by atomic mass is 16.4. The molecule has 2 rings (SSSR count). The Morgan fingerprint density at radius 3 is 1.76 bits per heavy atom. The molecule has 0 saturated heterocycles. The fourth-order valence-corrected chi connectivity index (χ4v) is 2.65. The predicted octanol–water partition coefficient (Wildman–Crippen LogP) is 3.33. The maximum Gasteiger partial charge on any atom is 0.340 e. The lowest BCUT2D eigenvalue weighted by atomic mass is 9.73. The van der Waals surface area contributed by atoms with Crippen LogP contribution in [0.2, 0.25) is 0 Å². The molecule has 0 aromatic heterocycles. The number of aliphatic hydroxyl groups is 1. The average Bonchev–Trinajstić information content (AvgIpc) is 2.48. The second kappa shape index (κ2) is 5.70. The van der Waals surface area contributed by atoms with Crippen molar-refractivity contribution >= 4 is 5.97 Å². The van der Waals surface area contributed by atoms with Crippen LogP contribution in [0.4, 0.5) is 0 Å². The minimum atomic E-state index is -1.90. The van der Waals surface area contributed by atoms with Crippen LogP contribution in [0.5, 0.6) is 0 Å². The summed E-state index contributed by atoms with van der Waals surface area (Å²) in [7, 11) is 0. The van der Waals surface area contributed by atoms with Crippen molar-refractivity contribution in [2.24, 2.45) is 0 Å². The van der Waals surface area contributed by atoms with Crippen LogP contribution >= 0.6 is 0 Å². The van der Waals surface area contributed by atoms with Crippen LogP contribution in [0.3, 0.4) is 0 Å².